The molecule has 5 heteroatoms. The van der Waals surface area contributed by atoms with Crippen molar-refractivity contribution in [1.82, 2.24) is 0 Å². The van der Waals surface area contributed by atoms with Gasteiger partial charge in [-0.3, -0.25) is 0 Å². The van der Waals surface area contributed by atoms with Gasteiger partial charge in [-0.25, -0.2) is 8.42 Å². The monoisotopic (exact) mass is 358 g/mol. The van der Waals surface area contributed by atoms with Gasteiger partial charge in [-0.2, -0.15) is 0 Å². The second-order valence-electron chi connectivity index (χ2n) is 7.04. The van der Waals surface area contributed by atoms with Crippen LogP contribution in [0.2, 0.25) is 0 Å². The minimum atomic E-state index is -3.45. The van der Waals surface area contributed by atoms with Crippen LogP contribution in [0.5, 0.6) is 0 Å². The molecular weight excluding hydrogens is 340 g/mol. The van der Waals surface area contributed by atoms with E-state index in [1.165, 1.54) is 0 Å². The van der Waals surface area contributed by atoms with Gasteiger partial charge in [-0.1, -0.05) is 36.4 Å². The smallest absolute Gasteiger partial charge is 0.185 e. The highest BCUT2D eigenvalue weighted by atomic mass is 32.2. The fourth-order valence-corrected chi connectivity index (χ4v) is 9.95. The van der Waals surface area contributed by atoms with Crippen molar-refractivity contribution in [2.75, 3.05) is 0 Å². The molecule has 4 saturated carbocycles. The molecule has 2 aromatic carbocycles. The van der Waals surface area contributed by atoms with E-state index in [4.69, 9.17) is 0 Å². The number of aliphatic hydroxyl groups excluding tert-OH is 1. The maximum atomic E-state index is 13.5. The van der Waals surface area contributed by atoms with Crippen molar-refractivity contribution in [3.05, 3.63) is 60.7 Å². The van der Waals surface area contributed by atoms with Crippen molar-refractivity contribution in [1.29, 1.82) is 0 Å². The molecule has 0 unspecified atom stereocenters. The molecule has 0 spiro atoms. The zero-order chi connectivity index (χ0) is 16.5. The summed E-state index contributed by atoms with van der Waals surface area (Å²) in [4.78, 5) is 1.47. The summed E-state index contributed by atoms with van der Waals surface area (Å²) in [7, 11) is -3.45. The van der Waals surface area contributed by atoms with E-state index in [1.807, 2.05) is 36.4 Å². The summed E-state index contributed by atoms with van der Waals surface area (Å²) >= 11 is 1.64. The average molecular weight is 358 g/mol. The molecule has 2 aromatic rings. The normalized spacial score (nSPS) is 39.1. The Morgan fingerprint density at radius 2 is 1.62 bits per heavy atom. The van der Waals surface area contributed by atoms with Crippen molar-refractivity contribution in [3.63, 3.8) is 0 Å². The second kappa shape index (κ2) is 4.87. The molecule has 0 amide bonds. The summed E-state index contributed by atoms with van der Waals surface area (Å²) in [6.45, 7) is 0. The first kappa shape index (κ1) is 15.0. The topological polar surface area (TPSA) is 54.4 Å². The average Bonchev–Trinajstić information content (AvgIpc) is 2.86. The maximum absolute atomic E-state index is 13.5. The molecule has 1 N–H and O–H groups in total. The molecule has 0 radical (unpaired) electrons. The van der Waals surface area contributed by atoms with Gasteiger partial charge in [0, 0.05) is 16.1 Å². The van der Waals surface area contributed by atoms with E-state index in [2.05, 4.69) is 0 Å². The van der Waals surface area contributed by atoms with Gasteiger partial charge in [0.25, 0.3) is 0 Å². The first-order valence-electron chi connectivity index (χ1n) is 8.28. The molecule has 4 fully saturated rings. The van der Waals surface area contributed by atoms with Gasteiger partial charge in [0.15, 0.2) is 9.84 Å². The number of hydrogen-bond donors (Lipinski definition) is 1. The second-order valence-corrected chi connectivity index (χ2v) is 10.4. The highest BCUT2D eigenvalue weighted by Crippen LogP contribution is 2.79. The molecule has 0 aliphatic heterocycles. The molecule has 24 heavy (non-hydrogen) atoms. The van der Waals surface area contributed by atoms with E-state index in [0.717, 1.165) is 11.3 Å². The van der Waals surface area contributed by atoms with E-state index in [1.54, 1.807) is 36.0 Å². The molecule has 3 nitrogen and oxygen atoms in total. The standard InChI is InChI=1S/C19H18O3S2/c20-17-14-11-15-16(17)19(15,18(14)23-12-7-3-1-4-8-12)24(21,22)13-9-5-2-6-10-13/h1-10,14-18,20H,11H2/t14-,15+,16+,17+,18-,19-/m1/s1. The predicted molar refractivity (Wildman–Crippen MR) is 93.5 cm³/mol. The lowest BCUT2D eigenvalue weighted by molar-refractivity contribution is 0.136. The van der Waals surface area contributed by atoms with Crippen LogP contribution in [-0.2, 0) is 9.84 Å². The third-order valence-corrected chi connectivity index (χ3v) is 10.5. The van der Waals surface area contributed by atoms with Crippen LogP contribution in [-0.4, -0.2) is 29.6 Å². The molecule has 4 aliphatic carbocycles. The highest BCUT2D eigenvalue weighted by molar-refractivity contribution is 8.02. The first-order chi connectivity index (χ1) is 11.6. The molecule has 0 heterocycles. The third kappa shape index (κ3) is 1.65. The minimum absolute atomic E-state index is 0.0601. The SMILES string of the molecule is O=S(=O)(c1ccccc1)[C@@]12[C@@H]3[C@@H](O)[C@@H](C[C@@H]31)[C@H]2Sc1ccccc1. The fraction of sp³-hybridized carbons (Fsp3) is 0.368. The highest BCUT2D eigenvalue weighted by Gasteiger charge is 2.88. The molecule has 0 saturated heterocycles. The zero-order valence-electron chi connectivity index (χ0n) is 12.9. The van der Waals surface area contributed by atoms with Gasteiger partial charge in [0.05, 0.1) is 15.7 Å². The number of rotatable bonds is 4. The van der Waals surface area contributed by atoms with Crippen molar-refractivity contribution in [2.24, 2.45) is 17.8 Å². The van der Waals surface area contributed by atoms with Crippen LogP contribution in [0.1, 0.15) is 6.42 Å². The van der Waals surface area contributed by atoms with Crippen molar-refractivity contribution in [3.8, 4) is 0 Å². The predicted octanol–water partition coefficient (Wildman–Crippen LogP) is 3.00. The van der Waals surface area contributed by atoms with E-state index < -0.39 is 20.7 Å². The van der Waals surface area contributed by atoms with Gasteiger partial charge in [-0.15, -0.1) is 11.8 Å². The molecule has 4 bridgehead atoms. The number of thioether (sulfide) groups is 1. The lowest BCUT2D eigenvalue weighted by Crippen LogP contribution is -2.34. The largest absolute Gasteiger partial charge is 0.392 e. The van der Waals surface area contributed by atoms with Crippen LogP contribution < -0.4 is 0 Å². The lowest BCUT2D eigenvalue weighted by atomic mass is 10.1. The summed E-state index contributed by atoms with van der Waals surface area (Å²) in [5.41, 5.74) is 0. The van der Waals surface area contributed by atoms with Crippen LogP contribution in [0.3, 0.4) is 0 Å². The molecule has 4 aliphatic rings. The molecular formula is C19H18O3S2. The van der Waals surface area contributed by atoms with Crippen molar-refractivity contribution in [2.45, 2.75) is 32.3 Å². The lowest BCUT2D eigenvalue weighted by Gasteiger charge is -2.23. The van der Waals surface area contributed by atoms with Crippen molar-refractivity contribution < 1.29 is 13.5 Å². The van der Waals surface area contributed by atoms with E-state index in [-0.39, 0.29) is 23.0 Å². The summed E-state index contributed by atoms with van der Waals surface area (Å²) < 4.78 is 26.1. The Hall–Kier alpha value is -1.30. The maximum Gasteiger partial charge on any atom is 0.185 e. The number of hydrogen-bond acceptors (Lipinski definition) is 4. The van der Waals surface area contributed by atoms with Crippen LogP contribution in [0, 0.1) is 17.8 Å². The summed E-state index contributed by atoms with van der Waals surface area (Å²) in [5.74, 6) is 0.113. The number of sulfone groups is 1. The Morgan fingerprint density at radius 1 is 1.00 bits per heavy atom. The van der Waals surface area contributed by atoms with Crippen LogP contribution in [0.15, 0.2) is 70.5 Å². The van der Waals surface area contributed by atoms with Gasteiger partial charge in [0.2, 0.25) is 0 Å². The Bertz CT molecular complexity index is 881. The van der Waals surface area contributed by atoms with Gasteiger partial charge >= 0.3 is 0 Å². The minimum Gasteiger partial charge on any atom is -0.392 e. The van der Waals surface area contributed by atoms with E-state index >= 15 is 0 Å². The molecule has 124 valence electrons. The molecule has 6 atom stereocenters. The Balaban J connectivity index is 1.59. The van der Waals surface area contributed by atoms with Crippen molar-refractivity contribution >= 4 is 21.6 Å². The fourth-order valence-electron chi connectivity index (χ4n) is 5.22. The summed E-state index contributed by atoms with van der Waals surface area (Å²) in [5, 5.41) is 10.5. The van der Waals surface area contributed by atoms with Gasteiger partial charge < -0.3 is 5.11 Å². The molecule has 6 rings (SSSR count). The van der Waals surface area contributed by atoms with Gasteiger partial charge in [0.1, 0.15) is 0 Å². The van der Waals surface area contributed by atoms with Crippen LogP contribution in [0.4, 0.5) is 0 Å². The van der Waals surface area contributed by atoms with Gasteiger partial charge in [-0.05, 0) is 42.5 Å². The number of aliphatic hydroxyl groups is 1. The van der Waals surface area contributed by atoms with E-state index in [9.17, 15) is 13.5 Å². The Morgan fingerprint density at radius 3 is 2.21 bits per heavy atom. The first-order valence-corrected chi connectivity index (χ1v) is 10.6. The Labute approximate surface area is 146 Å². The van der Waals surface area contributed by atoms with Crippen LogP contribution >= 0.6 is 11.8 Å². The Kier molecular flexibility index (Phi) is 3.04. The van der Waals surface area contributed by atoms with E-state index in [0.29, 0.717) is 4.90 Å². The summed E-state index contributed by atoms with van der Waals surface area (Å²) in [6.07, 6.45) is 0.359. The number of benzene rings is 2. The van der Waals surface area contributed by atoms with Crippen LogP contribution in [0.25, 0.3) is 0 Å². The summed E-state index contributed by atoms with van der Waals surface area (Å²) in [6, 6.07) is 18.7. The zero-order valence-corrected chi connectivity index (χ0v) is 14.6. The quantitative estimate of drug-likeness (QED) is 0.913. The third-order valence-electron chi connectivity index (χ3n) is 6.12. The molecule has 0 aromatic heterocycles.